The van der Waals surface area contributed by atoms with Gasteiger partial charge in [-0.25, -0.2) is 13.1 Å². The summed E-state index contributed by atoms with van der Waals surface area (Å²) >= 11 is 0. The lowest BCUT2D eigenvalue weighted by atomic mass is 10.3. The summed E-state index contributed by atoms with van der Waals surface area (Å²) in [5.41, 5.74) is 0.318. The van der Waals surface area contributed by atoms with E-state index in [-0.39, 0.29) is 30.4 Å². The molecule has 0 bridgehead atoms. The minimum atomic E-state index is -3.70. The van der Waals surface area contributed by atoms with Crippen molar-refractivity contribution >= 4 is 21.6 Å². The summed E-state index contributed by atoms with van der Waals surface area (Å²) in [6, 6.07) is 4.28. The number of aliphatic hydroxyl groups is 1. The first-order valence-electron chi connectivity index (χ1n) is 7.11. The summed E-state index contributed by atoms with van der Waals surface area (Å²) in [4.78, 5) is 11.6. The van der Waals surface area contributed by atoms with Gasteiger partial charge in [-0.1, -0.05) is 6.92 Å². The number of ether oxygens (including phenoxy) is 1. The molecule has 0 heterocycles. The Morgan fingerprint density at radius 3 is 2.64 bits per heavy atom. The van der Waals surface area contributed by atoms with Gasteiger partial charge in [0.2, 0.25) is 15.9 Å². The van der Waals surface area contributed by atoms with Crippen LogP contribution in [0.1, 0.15) is 26.7 Å². The summed E-state index contributed by atoms with van der Waals surface area (Å²) in [5, 5.41) is 11.3. The Hall–Kier alpha value is -1.64. The van der Waals surface area contributed by atoms with Crippen molar-refractivity contribution in [1.82, 2.24) is 4.72 Å². The molecular formula is C14H22N2O5S. The van der Waals surface area contributed by atoms with Crippen LogP contribution in [-0.2, 0) is 14.8 Å². The molecule has 1 rings (SSSR count). The lowest BCUT2D eigenvalue weighted by molar-refractivity contribution is -0.115. The third-order valence-electron chi connectivity index (χ3n) is 2.78. The molecule has 7 nitrogen and oxygen atoms in total. The van der Waals surface area contributed by atoms with Crippen molar-refractivity contribution in [2.75, 3.05) is 25.1 Å². The van der Waals surface area contributed by atoms with E-state index >= 15 is 0 Å². The molecule has 1 aromatic rings. The zero-order chi connectivity index (χ0) is 16.6. The van der Waals surface area contributed by atoms with E-state index in [1.165, 1.54) is 18.2 Å². The Labute approximate surface area is 130 Å². The molecule has 1 aromatic carbocycles. The molecular weight excluding hydrogens is 308 g/mol. The van der Waals surface area contributed by atoms with Crippen LogP contribution in [0.3, 0.4) is 0 Å². The second kappa shape index (κ2) is 8.72. The quantitative estimate of drug-likeness (QED) is 0.588. The zero-order valence-corrected chi connectivity index (χ0v) is 13.6. The van der Waals surface area contributed by atoms with Crippen molar-refractivity contribution in [2.45, 2.75) is 31.6 Å². The SMILES string of the molecule is CCOc1ccc(S(=O)(=O)NCCCO)cc1NC(=O)CC. The van der Waals surface area contributed by atoms with Crippen LogP contribution in [0.15, 0.2) is 23.1 Å². The third kappa shape index (κ3) is 5.28. The maximum atomic E-state index is 12.1. The first-order chi connectivity index (χ1) is 10.4. The first kappa shape index (κ1) is 18.4. The van der Waals surface area contributed by atoms with Gasteiger partial charge in [-0.3, -0.25) is 4.79 Å². The maximum Gasteiger partial charge on any atom is 0.240 e. The first-order valence-corrected chi connectivity index (χ1v) is 8.60. The second-order valence-corrected chi connectivity index (χ2v) is 6.23. The molecule has 0 radical (unpaired) electrons. The molecule has 0 spiro atoms. The zero-order valence-electron chi connectivity index (χ0n) is 12.8. The van der Waals surface area contributed by atoms with Crippen LogP contribution in [0.2, 0.25) is 0 Å². The summed E-state index contributed by atoms with van der Waals surface area (Å²) in [6.45, 7) is 3.95. The van der Waals surface area contributed by atoms with Gasteiger partial charge in [0, 0.05) is 19.6 Å². The van der Waals surface area contributed by atoms with Crippen LogP contribution in [0.5, 0.6) is 5.75 Å². The van der Waals surface area contributed by atoms with Gasteiger partial charge in [0.05, 0.1) is 17.2 Å². The van der Waals surface area contributed by atoms with Gasteiger partial charge in [0.1, 0.15) is 5.75 Å². The van der Waals surface area contributed by atoms with E-state index in [2.05, 4.69) is 10.0 Å². The van der Waals surface area contributed by atoms with E-state index in [1.54, 1.807) is 13.8 Å². The normalized spacial score (nSPS) is 11.2. The highest BCUT2D eigenvalue weighted by atomic mass is 32.2. The molecule has 0 fully saturated rings. The Balaban J connectivity index is 3.06. The van der Waals surface area contributed by atoms with Crippen LogP contribution < -0.4 is 14.8 Å². The molecule has 0 aliphatic heterocycles. The molecule has 3 N–H and O–H groups in total. The Morgan fingerprint density at radius 2 is 2.05 bits per heavy atom. The van der Waals surface area contributed by atoms with Crippen molar-refractivity contribution in [3.8, 4) is 5.75 Å². The summed E-state index contributed by atoms with van der Waals surface area (Å²) in [7, 11) is -3.70. The van der Waals surface area contributed by atoms with E-state index in [1.807, 2.05) is 0 Å². The summed E-state index contributed by atoms with van der Waals surface area (Å²) in [6.07, 6.45) is 0.604. The fraction of sp³-hybridized carbons (Fsp3) is 0.500. The number of amides is 1. The van der Waals surface area contributed by atoms with Crippen LogP contribution in [-0.4, -0.2) is 39.2 Å². The average molecular weight is 330 g/mol. The van der Waals surface area contributed by atoms with E-state index in [4.69, 9.17) is 9.84 Å². The average Bonchev–Trinajstić information content (AvgIpc) is 2.49. The minimum Gasteiger partial charge on any atom is -0.492 e. The maximum absolute atomic E-state index is 12.1. The second-order valence-electron chi connectivity index (χ2n) is 4.47. The molecule has 1 amide bonds. The van der Waals surface area contributed by atoms with Crippen molar-refractivity contribution in [3.05, 3.63) is 18.2 Å². The number of rotatable bonds is 9. The summed E-state index contributed by atoms with van der Waals surface area (Å²) in [5.74, 6) is 0.183. The number of sulfonamides is 1. The molecule has 0 aliphatic rings. The van der Waals surface area contributed by atoms with Gasteiger partial charge in [-0.2, -0.15) is 0 Å². The van der Waals surface area contributed by atoms with Crippen molar-refractivity contribution in [3.63, 3.8) is 0 Å². The van der Waals surface area contributed by atoms with E-state index in [0.29, 0.717) is 24.5 Å². The van der Waals surface area contributed by atoms with Gasteiger partial charge in [-0.15, -0.1) is 0 Å². The number of hydrogen-bond donors (Lipinski definition) is 3. The standard InChI is InChI=1S/C14H22N2O5S/c1-3-14(18)16-12-10-11(6-7-13(12)21-4-2)22(19,20)15-8-5-9-17/h6-7,10,15,17H,3-5,8-9H2,1-2H3,(H,16,18). The third-order valence-corrected chi connectivity index (χ3v) is 4.24. The fourth-order valence-corrected chi connectivity index (χ4v) is 2.76. The topological polar surface area (TPSA) is 105 Å². The van der Waals surface area contributed by atoms with Gasteiger partial charge < -0.3 is 15.2 Å². The molecule has 124 valence electrons. The lowest BCUT2D eigenvalue weighted by Gasteiger charge is -2.13. The van der Waals surface area contributed by atoms with Crippen LogP contribution >= 0.6 is 0 Å². The smallest absolute Gasteiger partial charge is 0.240 e. The van der Waals surface area contributed by atoms with Crippen molar-refractivity contribution < 1.29 is 23.1 Å². The predicted octanol–water partition coefficient (Wildman–Crippen LogP) is 1.09. The minimum absolute atomic E-state index is 0.0281. The summed E-state index contributed by atoms with van der Waals surface area (Å²) < 4.78 is 32.0. The van der Waals surface area contributed by atoms with Gasteiger partial charge in [0.15, 0.2) is 0 Å². The molecule has 22 heavy (non-hydrogen) atoms. The molecule has 0 saturated heterocycles. The van der Waals surface area contributed by atoms with Gasteiger partial charge in [-0.05, 0) is 31.5 Å². The Morgan fingerprint density at radius 1 is 1.32 bits per heavy atom. The van der Waals surface area contributed by atoms with E-state index < -0.39 is 10.0 Å². The Kier molecular flexibility index (Phi) is 7.30. The molecule has 0 saturated carbocycles. The molecule has 0 aliphatic carbocycles. The lowest BCUT2D eigenvalue weighted by Crippen LogP contribution is -2.25. The number of anilines is 1. The number of carbonyl (C=O) groups excluding carboxylic acids is 1. The van der Waals surface area contributed by atoms with Gasteiger partial charge in [0.25, 0.3) is 0 Å². The van der Waals surface area contributed by atoms with Crippen molar-refractivity contribution in [1.29, 1.82) is 0 Å². The largest absolute Gasteiger partial charge is 0.492 e. The van der Waals surface area contributed by atoms with Gasteiger partial charge >= 0.3 is 0 Å². The predicted molar refractivity (Wildman–Crippen MR) is 83.4 cm³/mol. The number of carbonyl (C=O) groups is 1. The number of nitrogens with one attached hydrogen (secondary N) is 2. The Bertz CT molecular complexity index is 601. The highest BCUT2D eigenvalue weighted by molar-refractivity contribution is 7.89. The van der Waals surface area contributed by atoms with Crippen LogP contribution in [0.4, 0.5) is 5.69 Å². The van der Waals surface area contributed by atoms with Crippen LogP contribution in [0, 0.1) is 0 Å². The van der Waals surface area contributed by atoms with Crippen LogP contribution in [0.25, 0.3) is 0 Å². The highest BCUT2D eigenvalue weighted by Gasteiger charge is 2.17. The number of benzene rings is 1. The molecule has 0 atom stereocenters. The highest BCUT2D eigenvalue weighted by Crippen LogP contribution is 2.28. The van der Waals surface area contributed by atoms with E-state index in [0.717, 1.165) is 0 Å². The molecule has 8 heteroatoms. The monoisotopic (exact) mass is 330 g/mol. The fourth-order valence-electron chi connectivity index (χ4n) is 1.66. The number of aliphatic hydroxyl groups excluding tert-OH is 1. The van der Waals surface area contributed by atoms with E-state index in [9.17, 15) is 13.2 Å². The number of hydrogen-bond acceptors (Lipinski definition) is 5. The van der Waals surface area contributed by atoms with Crippen molar-refractivity contribution in [2.24, 2.45) is 0 Å². The molecule has 0 unspecified atom stereocenters. The molecule has 0 aromatic heterocycles.